The second kappa shape index (κ2) is 12.9. The number of hydrogen-bond donors (Lipinski definition) is 0. The first-order valence-corrected chi connectivity index (χ1v) is 17.0. The van der Waals surface area contributed by atoms with Crippen LogP contribution in [0.15, 0.2) is 170 Å². The Hall–Kier alpha value is -6.85. The van der Waals surface area contributed by atoms with Gasteiger partial charge < -0.3 is 0 Å². The van der Waals surface area contributed by atoms with E-state index in [1.165, 1.54) is 0 Å². The zero-order valence-electron chi connectivity index (χ0n) is 27.9. The molecule has 9 aromatic rings. The molecule has 0 N–H and O–H groups in total. The van der Waals surface area contributed by atoms with Crippen LogP contribution in [0.4, 0.5) is 0 Å². The van der Waals surface area contributed by atoms with E-state index in [2.05, 4.69) is 97.9 Å². The van der Waals surface area contributed by atoms with Gasteiger partial charge in [-0.1, -0.05) is 152 Å². The number of rotatable bonds is 6. The first-order valence-electron chi connectivity index (χ1n) is 17.0. The fourth-order valence-corrected chi connectivity index (χ4v) is 6.62. The third kappa shape index (κ3) is 5.91. The molecule has 0 aliphatic rings. The monoisotopic (exact) mass is 653 g/mol. The number of aryl methyl sites for hydroxylation is 1. The van der Waals surface area contributed by atoms with Gasteiger partial charge in [-0.2, -0.15) is 0 Å². The van der Waals surface area contributed by atoms with Crippen LogP contribution in [-0.4, -0.2) is 24.9 Å². The van der Waals surface area contributed by atoms with Crippen LogP contribution in [0.1, 0.15) is 5.69 Å². The van der Waals surface area contributed by atoms with Gasteiger partial charge in [0.1, 0.15) is 0 Å². The highest BCUT2D eigenvalue weighted by molar-refractivity contribution is 6.09. The standard InChI is InChI=1S/C46H31N5/c1-30-28-40(39-26-24-33-25-27-41(32-12-5-2-6-13-32)48-42(33)43(39)47-30)38-19-11-18-37(29-38)31-20-22-36(23-21-31)46-50-44(34-14-7-3-8-15-34)49-45(51-46)35-16-9-4-10-17-35/h2-29H,1H3. The van der Waals surface area contributed by atoms with Gasteiger partial charge in [0, 0.05) is 38.7 Å². The molecule has 240 valence electrons. The Balaban J connectivity index is 1.09. The summed E-state index contributed by atoms with van der Waals surface area (Å²) in [6, 6.07) is 58.3. The second-order valence-corrected chi connectivity index (χ2v) is 12.6. The molecule has 0 aliphatic carbocycles. The van der Waals surface area contributed by atoms with Gasteiger partial charge in [-0.05, 0) is 47.4 Å². The lowest BCUT2D eigenvalue weighted by molar-refractivity contribution is 1.07. The van der Waals surface area contributed by atoms with Crippen LogP contribution in [0.25, 0.3) is 89.5 Å². The number of fused-ring (bicyclic) bond motifs is 3. The van der Waals surface area contributed by atoms with Crippen molar-refractivity contribution in [2.75, 3.05) is 0 Å². The Labute approximate surface area is 296 Å². The quantitative estimate of drug-likeness (QED) is 0.167. The number of hydrogen-bond acceptors (Lipinski definition) is 5. The summed E-state index contributed by atoms with van der Waals surface area (Å²) in [5.74, 6) is 1.93. The van der Waals surface area contributed by atoms with Crippen LogP contribution in [0.2, 0.25) is 0 Å². The van der Waals surface area contributed by atoms with Crippen LogP contribution in [0, 0.1) is 6.92 Å². The van der Waals surface area contributed by atoms with Gasteiger partial charge in [0.2, 0.25) is 0 Å². The maximum absolute atomic E-state index is 5.12. The van der Waals surface area contributed by atoms with Crippen molar-refractivity contribution in [3.8, 4) is 67.7 Å². The molecule has 0 atom stereocenters. The maximum Gasteiger partial charge on any atom is 0.164 e. The summed E-state index contributed by atoms with van der Waals surface area (Å²) in [5, 5.41) is 2.15. The van der Waals surface area contributed by atoms with E-state index < -0.39 is 0 Å². The van der Waals surface area contributed by atoms with Crippen LogP contribution in [0.5, 0.6) is 0 Å². The van der Waals surface area contributed by atoms with E-state index in [-0.39, 0.29) is 0 Å². The molecule has 3 aromatic heterocycles. The van der Waals surface area contributed by atoms with E-state index in [4.69, 9.17) is 24.9 Å². The summed E-state index contributed by atoms with van der Waals surface area (Å²) in [4.78, 5) is 24.8. The molecule has 0 fully saturated rings. The molecule has 9 rings (SSSR count). The Bertz CT molecular complexity index is 2620. The van der Waals surface area contributed by atoms with Crippen molar-refractivity contribution >= 4 is 21.8 Å². The summed E-state index contributed by atoms with van der Waals surface area (Å²) in [6.45, 7) is 2.05. The van der Waals surface area contributed by atoms with E-state index in [1.807, 2.05) is 78.9 Å². The number of pyridine rings is 2. The fourth-order valence-electron chi connectivity index (χ4n) is 6.62. The zero-order chi connectivity index (χ0) is 34.1. The average molecular weight is 654 g/mol. The van der Waals surface area contributed by atoms with Crippen molar-refractivity contribution in [2.45, 2.75) is 6.92 Å². The average Bonchev–Trinajstić information content (AvgIpc) is 3.21. The molecule has 51 heavy (non-hydrogen) atoms. The van der Waals surface area contributed by atoms with Gasteiger partial charge in [-0.25, -0.2) is 19.9 Å². The maximum atomic E-state index is 5.12. The lowest BCUT2D eigenvalue weighted by atomic mass is 9.95. The van der Waals surface area contributed by atoms with E-state index in [9.17, 15) is 0 Å². The van der Waals surface area contributed by atoms with Crippen LogP contribution >= 0.6 is 0 Å². The topological polar surface area (TPSA) is 64.5 Å². The minimum absolute atomic E-state index is 0.637. The molecule has 0 spiro atoms. The largest absolute Gasteiger partial charge is 0.251 e. The summed E-state index contributed by atoms with van der Waals surface area (Å²) >= 11 is 0. The molecule has 0 amide bonds. The number of aromatic nitrogens is 5. The van der Waals surface area contributed by atoms with Crippen molar-refractivity contribution in [3.05, 3.63) is 176 Å². The van der Waals surface area contributed by atoms with Gasteiger partial charge in [0.15, 0.2) is 17.5 Å². The van der Waals surface area contributed by atoms with Crippen molar-refractivity contribution in [3.63, 3.8) is 0 Å². The first-order chi connectivity index (χ1) is 25.2. The molecule has 0 bridgehead atoms. The van der Waals surface area contributed by atoms with E-state index in [1.54, 1.807) is 0 Å². The number of nitrogens with zero attached hydrogens (tertiary/aromatic N) is 5. The third-order valence-electron chi connectivity index (χ3n) is 9.19. The van der Waals surface area contributed by atoms with Crippen molar-refractivity contribution in [1.29, 1.82) is 0 Å². The molecule has 0 unspecified atom stereocenters. The molecule has 6 aromatic carbocycles. The SMILES string of the molecule is Cc1cc(-c2cccc(-c3ccc(-c4nc(-c5ccccc5)nc(-c5ccccc5)n4)cc3)c2)c2ccc3ccc(-c4ccccc4)nc3c2n1. The smallest absolute Gasteiger partial charge is 0.164 e. The lowest BCUT2D eigenvalue weighted by Gasteiger charge is -2.13. The molecule has 0 aliphatic heterocycles. The van der Waals surface area contributed by atoms with Crippen molar-refractivity contribution in [2.24, 2.45) is 0 Å². The van der Waals surface area contributed by atoms with Crippen LogP contribution in [-0.2, 0) is 0 Å². The summed E-state index contributed by atoms with van der Waals surface area (Å²) in [6.07, 6.45) is 0. The molecular weight excluding hydrogens is 623 g/mol. The summed E-state index contributed by atoms with van der Waals surface area (Å²) < 4.78 is 0. The normalized spacial score (nSPS) is 11.2. The molecule has 0 saturated carbocycles. The number of benzene rings is 6. The van der Waals surface area contributed by atoms with Gasteiger partial charge in [-0.15, -0.1) is 0 Å². The van der Waals surface area contributed by atoms with Crippen molar-refractivity contribution in [1.82, 2.24) is 24.9 Å². The Morgan fingerprint density at radius 3 is 1.47 bits per heavy atom. The highest BCUT2D eigenvalue weighted by Gasteiger charge is 2.15. The predicted molar refractivity (Wildman–Crippen MR) is 208 cm³/mol. The summed E-state index contributed by atoms with van der Waals surface area (Å²) in [5.41, 5.74) is 12.1. The minimum atomic E-state index is 0.637. The predicted octanol–water partition coefficient (Wildman–Crippen LogP) is 11.3. The van der Waals surface area contributed by atoms with Gasteiger partial charge in [-0.3, -0.25) is 4.98 Å². The summed E-state index contributed by atoms with van der Waals surface area (Å²) in [7, 11) is 0. The Morgan fingerprint density at radius 2 is 0.843 bits per heavy atom. The molecule has 3 heterocycles. The van der Waals surface area contributed by atoms with E-state index in [0.717, 1.165) is 77.7 Å². The Morgan fingerprint density at radius 1 is 0.333 bits per heavy atom. The van der Waals surface area contributed by atoms with E-state index >= 15 is 0 Å². The second-order valence-electron chi connectivity index (χ2n) is 12.6. The molecule has 0 radical (unpaired) electrons. The Kier molecular flexibility index (Phi) is 7.63. The molecule has 0 saturated heterocycles. The van der Waals surface area contributed by atoms with Gasteiger partial charge in [0.05, 0.1) is 16.7 Å². The minimum Gasteiger partial charge on any atom is -0.251 e. The lowest BCUT2D eigenvalue weighted by Crippen LogP contribution is -2.00. The highest BCUT2D eigenvalue weighted by Crippen LogP contribution is 2.35. The molecule has 5 heteroatoms. The zero-order valence-corrected chi connectivity index (χ0v) is 27.9. The molecular formula is C46H31N5. The fraction of sp³-hybridized carbons (Fsp3) is 0.0217. The van der Waals surface area contributed by atoms with Gasteiger partial charge >= 0.3 is 0 Å². The first kappa shape index (κ1) is 30.2. The molecule has 5 nitrogen and oxygen atoms in total. The van der Waals surface area contributed by atoms with E-state index in [0.29, 0.717) is 17.5 Å². The van der Waals surface area contributed by atoms with Crippen molar-refractivity contribution < 1.29 is 0 Å². The van der Waals surface area contributed by atoms with Crippen LogP contribution < -0.4 is 0 Å². The third-order valence-corrected chi connectivity index (χ3v) is 9.19. The highest BCUT2D eigenvalue weighted by atomic mass is 15.0. The van der Waals surface area contributed by atoms with Gasteiger partial charge in [0.25, 0.3) is 0 Å². The van der Waals surface area contributed by atoms with Crippen LogP contribution in [0.3, 0.4) is 0 Å².